The lowest BCUT2D eigenvalue weighted by Crippen LogP contribution is -2.26. The number of hydrogen-bond donors (Lipinski definition) is 1. The van der Waals surface area contributed by atoms with Gasteiger partial charge in [-0.05, 0) is 49.2 Å². The number of rotatable bonds is 7. The van der Waals surface area contributed by atoms with Crippen LogP contribution in [0.5, 0.6) is 11.5 Å². The molecule has 9 heteroatoms. The molecule has 2 amide bonds. The maximum absolute atomic E-state index is 13.0. The van der Waals surface area contributed by atoms with E-state index in [4.69, 9.17) is 9.47 Å². The Hall–Kier alpha value is -3.07. The van der Waals surface area contributed by atoms with Crippen LogP contribution in [0.4, 0.5) is 11.4 Å². The number of anilines is 2. The number of hydrogen-bond acceptors (Lipinski definition) is 6. The van der Waals surface area contributed by atoms with Gasteiger partial charge in [-0.15, -0.1) is 0 Å². The molecule has 3 rings (SSSR count). The van der Waals surface area contributed by atoms with Crippen LogP contribution in [0.3, 0.4) is 0 Å². The number of nitrogens with one attached hydrogen (secondary N) is 1. The minimum absolute atomic E-state index is 0.0756. The molecule has 1 atom stereocenters. The summed E-state index contributed by atoms with van der Waals surface area (Å²) in [6, 6.07) is 9.70. The third-order valence-electron chi connectivity index (χ3n) is 5.34. The van der Waals surface area contributed by atoms with Gasteiger partial charge in [-0.2, -0.15) is 0 Å². The summed E-state index contributed by atoms with van der Waals surface area (Å²) in [6.07, 6.45) is 0.387. The van der Waals surface area contributed by atoms with Crippen LogP contribution < -0.4 is 19.7 Å². The minimum atomic E-state index is -3.73. The molecule has 0 fully saturated rings. The molecule has 31 heavy (non-hydrogen) atoms. The van der Waals surface area contributed by atoms with E-state index in [1.54, 1.807) is 35.2 Å². The Balaban J connectivity index is 1.73. The van der Waals surface area contributed by atoms with Crippen LogP contribution in [0.1, 0.15) is 25.8 Å². The third-order valence-corrected chi connectivity index (χ3v) is 7.48. The van der Waals surface area contributed by atoms with Crippen molar-refractivity contribution in [3.63, 3.8) is 0 Å². The van der Waals surface area contributed by atoms with Crippen molar-refractivity contribution in [2.75, 3.05) is 31.0 Å². The van der Waals surface area contributed by atoms with Gasteiger partial charge in [0.05, 0.1) is 30.1 Å². The molecular weight excluding hydrogens is 420 g/mol. The van der Waals surface area contributed by atoms with Crippen LogP contribution in [-0.2, 0) is 25.8 Å². The zero-order valence-electron chi connectivity index (χ0n) is 18.0. The Kier molecular flexibility index (Phi) is 6.54. The molecule has 2 aromatic carbocycles. The number of fused-ring (bicyclic) bond motifs is 1. The molecule has 1 aliphatic heterocycles. The Morgan fingerprint density at radius 2 is 1.87 bits per heavy atom. The van der Waals surface area contributed by atoms with E-state index in [-0.39, 0.29) is 17.2 Å². The molecule has 0 saturated heterocycles. The van der Waals surface area contributed by atoms with E-state index in [2.05, 4.69) is 5.32 Å². The molecule has 0 aliphatic carbocycles. The molecule has 0 spiro atoms. The molecule has 0 radical (unpaired) electrons. The second kappa shape index (κ2) is 8.97. The second-order valence-corrected chi connectivity index (χ2v) is 9.75. The van der Waals surface area contributed by atoms with Crippen molar-refractivity contribution in [1.82, 2.24) is 0 Å². The first-order valence-electron chi connectivity index (χ1n) is 9.84. The monoisotopic (exact) mass is 446 g/mol. The van der Waals surface area contributed by atoms with E-state index in [1.807, 2.05) is 0 Å². The van der Waals surface area contributed by atoms with E-state index in [9.17, 15) is 18.0 Å². The Bertz CT molecular complexity index is 1110. The third kappa shape index (κ3) is 4.66. The van der Waals surface area contributed by atoms with Gasteiger partial charge in [0.1, 0.15) is 11.5 Å². The topological polar surface area (TPSA) is 102 Å². The minimum Gasteiger partial charge on any atom is -0.497 e. The van der Waals surface area contributed by atoms with Gasteiger partial charge in [-0.1, -0.05) is 0 Å². The smallest absolute Gasteiger partial charge is 0.225 e. The number of benzene rings is 2. The van der Waals surface area contributed by atoms with Crippen LogP contribution in [0, 0.1) is 0 Å². The number of sulfone groups is 1. The number of amides is 2. The van der Waals surface area contributed by atoms with Gasteiger partial charge >= 0.3 is 0 Å². The van der Waals surface area contributed by atoms with Gasteiger partial charge in [-0.3, -0.25) is 9.59 Å². The highest BCUT2D eigenvalue weighted by atomic mass is 32.2. The number of carbonyl (C=O) groups excluding carboxylic acids is 2. The first kappa shape index (κ1) is 22.6. The van der Waals surface area contributed by atoms with Crippen molar-refractivity contribution in [2.45, 2.75) is 36.8 Å². The molecule has 0 unspecified atom stereocenters. The fourth-order valence-electron chi connectivity index (χ4n) is 3.59. The lowest BCUT2D eigenvalue weighted by Gasteiger charge is -2.17. The van der Waals surface area contributed by atoms with Gasteiger partial charge in [0, 0.05) is 31.6 Å². The van der Waals surface area contributed by atoms with Crippen LogP contribution in [0.25, 0.3) is 0 Å². The summed E-state index contributed by atoms with van der Waals surface area (Å²) < 4.78 is 36.5. The summed E-state index contributed by atoms with van der Waals surface area (Å²) in [5, 5.41) is 1.77. The maximum atomic E-state index is 13.0. The van der Waals surface area contributed by atoms with Crippen LogP contribution in [0.2, 0.25) is 0 Å². The highest BCUT2D eigenvalue weighted by Gasteiger charge is 2.29. The summed E-state index contributed by atoms with van der Waals surface area (Å²) in [4.78, 5) is 26.0. The van der Waals surface area contributed by atoms with Crippen molar-refractivity contribution in [3.8, 4) is 11.5 Å². The van der Waals surface area contributed by atoms with Crippen LogP contribution >= 0.6 is 0 Å². The molecule has 0 saturated carbocycles. The molecule has 1 heterocycles. The van der Waals surface area contributed by atoms with Gasteiger partial charge in [0.25, 0.3) is 0 Å². The van der Waals surface area contributed by atoms with E-state index in [1.165, 1.54) is 34.1 Å². The standard InChI is InChI=1S/C22H26N2O6S/c1-14(11-22(26)23-19-7-5-17(29-3)13-21(19)30-4)31(27,28)18-6-8-20-16(12-18)9-10-24(20)15(2)25/h5-8,12-14H,9-11H2,1-4H3,(H,23,26)/t14-/m1/s1. The molecule has 1 aliphatic rings. The average Bonchev–Trinajstić information content (AvgIpc) is 3.17. The predicted molar refractivity (Wildman–Crippen MR) is 118 cm³/mol. The lowest BCUT2D eigenvalue weighted by molar-refractivity contribution is -0.117. The van der Waals surface area contributed by atoms with Gasteiger partial charge < -0.3 is 19.7 Å². The molecule has 0 aromatic heterocycles. The fraction of sp³-hybridized carbons (Fsp3) is 0.364. The SMILES string of the molecule is COc1ccc(NC(=O)C[C@@H](C)S(=O)(=O)c2ccc3c(c2)CCN3C(C)=O)c(OC)c1. The molecule has 166 valence electrons. The fourth-order valence-corrected chi connectivity index (χ4v) is 4.99. The van der Waals surface area contributed by atoms with E-state index in [0.29, 0.717) is 30.2 Å². The van der Waals surface area contributed by atoms with Crippen LogP contribution in [-0.4, -0.2) is 46.2 Å². The van der Waals surface area contributed by atoms with E-state index < -0.39 is 21.0 Å². The Labute approximate surface area is 182 Å². The number of methoxy groups -OCH3 is 2. The van der Waals surface area contributed by atoms with Crippen molar-refractivity contribution in [3.05, 3.63) is 42.0 Å². The quantitative estimate of drug-likeness (QED) is 0.702. The average molecular weight is 447 g/mol. The highest BCUT2D eigenvalue weighted by Crippen LogP contribution is 2.32. The predicted octanol–water partition coefficient (Wildman–Crippen LogP) is 2.80. The zero-order chi connectivity index (χ0) is 22.8. The van der Waals surface area contributed by atoms with Gasteiger partial charge in [0.2, 0.25) is 11.8 Å². The van der Waals surface area contributed by atoms with Crippen molar-refractivity contribution >= 4 is 33.0 Å². The summed E-state index contributed by atoms with van der Waals surface area (Å²) in [6.45, 7) is 3.53. The summed E-state index contributed by atoms with van der Waals surface area (Å²) in [5.41, 5.74) is 1.99. The van der Waals surface area contributed by atoms with E-state index >= 15 is 0 Å². The van der Waals surface area contributed by atoms with Crippen molar-refractivity contribution in [2.24, 2.45) is 0 Å². The lowest BCUT2D eigenvalue weighted by atomic mass is 10.2. The normalized spacial score (nSPS) is 14.0. The zero-order valence-corrected chi connectivity index (χ0v) is 18.8. The number of ether oxygens (including phenoxy) is 2. The summed E-state index contributed by atoms with van der Waals surface area (Å²) >= 11 is 0. The summed E-state index contributed by atoms with van der Waals surface area (Å²) in [5.74, 6) is 0.472. The molecule has 2 aromatic rings. The first-order valence-corrected chi connectivity index (χ1v) is 11.4. The number of nitrogens with zero attached hydrogens (tertiary/aromatic N) is 1. The number of carbonyl (C=O) groups is 2. The second-order valence-electron chi connectivity index (χ2n) is 7.39. The van der Waals surface area contributed by atoms with Crippen molar-refractivity contribution < 1.29 is 27.5 Å². The van der Waals surface area contributed by atoms with E-state index in [0.717, 1.165) is 11.3 Å². The highest BCUT2D eigenvalue weighted by molar-refractivity contribution is 7.92. The Morgan fingerprint density at radius 3 is 2.52 bits per heavy atom. The summed E-state index contributed by atoms with van der Waals surface area (Å²) in [7, 11) is -0.733. The van der Waals surface area contributed by atoms with Crippen molar-refractivity contribution in [1.29, 1.82) is 0 Å². The maximum Gasteiger partial charge on any atom is 0.225 e. The molecule has 0 bridgehead atoms. The molecular formula is C22H26N2O6S. The van der Waals surface area contributed by atoms with Gasteiger partial charge in [-0.25, -0.2) is 8.42 Å². The molecule has 8 nitrogen and oxygen atoms in total. The largest absolute Gasteiger partial charge is 0.497 e. The molecule has 1 N–H and O–H groups in total. The van der Waals surface area contributed by atoms with Crippen LogP contribution in [0.15, 0.2) is 41.3 Å². The van der Waals surface area contributed by atoms with Gasteiger partial charge in [0.15, 0.2) is 9.84 Å². The Morgan fingerprint density at radius 1 is 1.13 bits per heavy atom. The first-order chi connectivity index (χ1) is 14.7.